The number of aromatic nitrogens is 2. The molecule has 2 atom stereocenters. The van der Waals surface area contributed by atoms with Crippen molar-refractivity contribution >= 4 is 23.4 Å². The van der Waals surface area contributed by atoms with Gasteiger partial charge in [0.05, 0.1) is 0 Å². The molecule has 0 saturated carbocycles. The van der Waals surface area contributed by atoms with Crippen molar-refractivity contribution in [3.05, 3.63) is 11.9 Å². The van der Waals surface area contributed by atoms with Crippen molar-refractivity contribution in [2.24, 2.45) is 5.84 Å². The van der Waals surface area contributed by atoms with Crippen LogP contribution in [-0.2, 0) is 0 Å². The molecule has 6 heteroatoms. The number of hydrogen-bond donors (Lipinski definition) is 2. The van der Waals surface area contributed by atoms with Crippen LogP contribution in [0.3, 0.4) is 0 Å². The smallest absolute Gasteiger partial charge is 0.145 e. The molecule has 0 aromatic carbocycles. The second kappa shape index (κ2) is 5.96. The molecule has 106 valence electrons. The number of hydrazine groups is 1. The first-order valence-corrected chi connectivity index (χ1v) is 7.70. The van der Waals surface area contributed by atoms with Crippen molar-refractivity contribution in [1.29, 1.82) is 0 Å². The SMILES string of the molecule is CC1CN(c2cc(NN)nc(C(C)C)n2)CC(C)S1. The molecule has 2 unspecified atom stereocenters. The highest BCUT2D eigenvalue weighted by molar-refractivity contribution is 8.00. The third-order valence-corrected chi connectivity index (χ3v) is 4.37. The summed E-state index contributed by atoms with van der Waals surface area (Å²) in [5.74, 6) is 8.30. The summed E-state index contributed by atoms with van der Waals surface area (Å²) in [5.41, 5.74) is 2.64. The van der Waals surface area contributed by atoms with E-state index in [1.807, 2.05) is 17.8 Å². The van der Waals surface area contributed by atoms with Gasteiger partial charge in [-0.1, -0.05) is 27.7 Å². The fourth-order valence-electron chi connectivity index (χ4n) is 2.31. The Labute approximate surface area is 119 Å². The lowest BCUT2D eigenvalue weighted by molar-refractivity contribution is 0.702. The van der Waals surface area contributed by atoms with E-state index in [1.54, 1.807) is 0 Å². The van der Waals surface area contributed by atoms with E-state index in [9.17, 15) is 0 Å². The summed E-state index contributed by atoms with van der Waals surface area (Å²) in [6.07, 6.45) is 0. The topological polar surface area (TPSA) is 67.1 Å². The normalized spacial score (nSPS) is 23.8. The van der Waals surface area contributed by atoms with Crippen LogP contribution in [0.1, 0.15) is 39.4 Å². The molecular formula is C13H23N5S. The summed E-state index contributed by atoms with van der Waals surface area (Å²) < 4.78 is 0. The number of nitrogens with zero attached hydrogens (tertiary/aromatic N) is 3. The van der Waals surface area contributed by atoms with E-state index in [1.165, 1.54) is 0 Å². The third-order valence-electron chi connectivity index (χ3n) is 3.14. The highest BCUT2D eigenvalue weighted by Gasteiger charge is 2.24. The number of hydrogen-bond acceptors (Lipinski definition) is 6. The van der Waals surface area contributed by atoms with Gasteiger partial charge in [0.25, 0.3) is 0 Å². The summed E-state index contributed by atoms with van der Waals surface area (Å²) >= 11 is 2.03. The molecular weight excluding hydrogens is 258 g/mol. The zero-order chi connectivity index (χ0) is 14.0. The van der Waals surface area contributed by atoms with Crippen molar-refractivity contribution in [1.82, 2.24) is 9.97 Å². The van der Waals surface area contributed by atoms with Gasteiger partial charge in [0.2, 0.25) is 0 Å². The van der Waals surface area contributed by atoms with Gasteiger partial charge in [0.1, 0.15) is 17.5 Å². The molecule has 2 rings (SSSR count). The molecule has 1 aromatic rings. The van der Waals surface area contributed by atoms with Gasteiger partial charge in [-0.15, -0.1) is 0 Å². The van der Waals surface area contributed by atoms with Crippen molar-refractivity contribution in [2.45, 2.75) is 44.1 Å². The van der Waals surface area contributed by atoms with Gasteiger partial charge in [0, 0.05) is 35.6 Å². The first-order valence-electron chi connectivity index (χ1n) is 6.75. The van der Waals surface area contributed by atoms with E-state index in [-0.39, 0.29) is 0 Å². The van der Waals surface area contributed by atoms with Gasteiger partial charge in [-0.25, -0.2) is 15.8 Å². The minimum absolute atomic E-state index is 0.293. The zero-order valence-electron chi connectivity index (χ0n) is 12.1. The van der Waals surface area contributed by atoms with E-state index < -0.39 is 0 Å². The molecule has 1 aliphatic rings. The van der Waals surface area contributed by atoms with Crippen LogP contribution in [0.25, 0.3) is 0 Å². The number of nitrogens with two attached hydrogens (primary N) is 1. The van der Waals surface area contributed by atoms with Crippen LogP contribution in [0, 0.1) is 0 Å². The lowest BCUT2D eigenvalue weighted by Gasteiger charge is -2.35. The van der Waals surface area contributed by atoms with Gasteiger partial charge >= 0.3 is 0 Å². The Morgan fingerprint density at radius 3 is 2.47 bits per heavy atom. The van der Waals surface area contributed by atoms with E-state index in [2.05, 4.69) is 48.0 Å². The maximum atomic E-state index is 5.51. The minimum atomic E-state index is 0.293. The molecule has 0 bridgehead atoms. The van der Waals surface area contributed by atoms with E-state index in [0.717, 1.165) is 24.7 Å². The van der Waals surface area contributed by atoms with Crippen molar-refractivity contribution in [2.75, 3.05) is 23.4 Å². The monoisotopic (exact) mass is 281 g/mol. The lowest BCUT2D eigenvalue weighted by Crippen LogP contribution is -2.41. The summed E-state index contributed by atoms with van der Waals surface area (Å²) in [6.45, 7) is 10.8. The quantitative estimate of drug-likeness (QED) is 0.654. The van der Waals surface area contributed by atoms with Gasteiger partial charge < -0.3 is 10.3 Å². The van der Waals surface area contributed by atoms with Crippen LogP contribution in [0.15, 0.2) is 6.07 Å². The molecule has 5 nitrogen and oxygen atoms in total. The molecule has 1 aliphatic heterocycles. The Morgan fingerprint density at radius 1 is 1.32 bits per heavy atom. The summed E-state index contributed by atoms with van der Waals surface area (Å²) in [5, 5.41) is 1.24. The highest BCUT2D eigenvalue weighted by Crippen LogP contribution is 2.29. The molecule has 0 radical (unpaired) electrons. The second-order valence-corrected chi connectivity index (χ2v) is 7.31. The Bertz CT molecular complexity index is 427. The van der Waals surface area contributed by atoms with Crippen LogP contribution in [-0.4, -0.2) is 33.6 Å². The van der Waals surface area contributed by atoms with E-state index in [0.29, 0.717) is 22.2 Å². The van der Waals surface area contributed by atoms with Crippen LogP contribution < -0.4 is 16.2 Å². The van der Waals surface area contributed by atoms with Gasteiger partial charge in [-0.2, -0.15) is 11.8 Å². The van der Waals surface area contributed by atoms with Gasteiger partial charge in [-0.3, -0.25) is 0 Å². The molecule has 0 amide bonds. The van der Waals surface area contributed by atoms with Crippen LogP contribution >= 0.6 is 11.8 Å². The van der Waals surface area contributed by atoms with Crippen molar-refractivity contribution in [3.8, 4) is 0 Å². The number of nitrogen functional groups attached to an aromatic ring is 1. The molecule has 2 heterocycles. The number of nitrogens with one attached hydrogen (secondary N) is 1. The molecule has 3 N–H and O–H groups in total. The maximum absolute atomic E-state index is 5.51. The van der Waals surface area contributed by atoms with Gasteiger partial charge in [-0.05, 0) is 0 Å². The maximum Gasteiger partial charge on any atom is 0.145 e. The van der Waals surface area contributed by atoms with E-state index in [4.69, 9.17) is 5.84 Å². The highest BCUT2D eigenvalue weighted by atomic mass is 32.2. The Balaban J connectivity index is 2.30. The third kappa shape index (κ3) is 3.51. The summed E-state index contributed by atoms with van der Waals surface area (Å²) in [7, 11) is 0. The largest absolute Gasteiger partial charge is 0.354 e. The Hall–Kier alpha value is -1.01. The predicted octanol–water partition coefficient (Wildman–Crippen LogP) is 2.22. The number of anilines is 2. The number of rotatable bonds is 3. The lowest BCUT2D eigenvalue weighted by atomic mass is 10.2. The average molecular weight is 281 g/mol. The Morgan fingerprint density at radius 2 is 1.95 bits per heavy atom. The first kappa shape index (κ1) is 14.4. The molecule has 1 aromatic heterocycles. The number of thioether (sulfide) groups is 1. The van der Waals surface area contributed by atoms with Crippen LogP contribution in [0.5, 0.6) is 0 Å². The van der Waals surface area contributed by atoms with Crippen LogP contribution in [0.4, 0.5) is 11.6 Å². The fourth-order valence-corrected chi connectivity index (χ4v) is 3.64. The molecule has 1 fully saturated rings. The zero-order valence-corrected chi connectivity index (χ0v) is 12.9. The first-order chi connectivity index (χ1) is 8.99. The molecule has 0 aliphatic carbocycles. The summed E-state index contributed by atoms with van der Waals surface area (Å²) in [6, 6.07) is 1.93. The standard InChI is InChI=1S/C13H23N5S/c1-8(2)13-15-11(17-14)5-12(16-13)18-6-9(3)19-10(4)7-18/h5,8-10H,6-7,14H2,1-4H3,(H,15,16,17). The van der Waals surface area contributed by atoms with E-state index >= 15 is 0 Å². The fraction of sp³-hybridized carbons (Fsp3) is 0.692. The van der Waals surface area contributed by atoms with Crippen molar-refractivity contribution < 1.29 is 0 Å². The average Bonchev–Trinajstić information content (AvgIpc) is 2.37. The second-order valence-electron chi connectivity index (χ2n) is 5.43. The van der Waals surface area contributed by atoms with Crippen molar-refractivity contribution in [3.63, 3.8) is 0 Å². The molecule has 19 heavy (non-hydrogen) atoms. The summed E-state index contributed by atoms with van der Waals surface area (Å²) in [4.78, 5) is 11.4. The Kier molecular flexibility index (Phi) is 4.52. The van der Waals surface area contributed by atoms with Crippen LogP contribution in [0.2, 0.25) is 0 Å². The molecule has 0 spiro atoms. The predicted molar refractivity (Wildman–Crippen MR) is 82.7 cm³/mol. The van der Waals surface area contributed by atoms with Gasteiger partial charge in [0.15, 0.2) is 0 Å². The molecule has 1 saturated heterocycles. The minimum Gasteiger partial charge on any atom is -0.354 e.